The number of hydrogen-bond acceptors (Lipinski definition) is 6. The standard InChI is InChI=1S/C55H32N6O2/c1-35-10-8-17-50(53(35)55(63)60(34-62)54-46(38-11-4-2-5-12-38)15-9-16-47(54)39-13-6-3-7-14-39)61-51-28-40(44-22-18-36(30-56)26-42(44)32-58)20-24-48(51)49-25-21-41(29-52(49)61)45-23-19-37(31-57)27-43(45)33-59/h2-29,34H,1H3. The molecule has 0 saturated heterocycles. The lowest BCUT2D eigenvalue weighted by Crippen LogP contribution is -2.32. The van der Waals surface area contributed by atoms with Gasteiger partial charge in [0.2, 0.25) is 6.41 Å². The fraction of sp³-hybridized carbons (Fsp3) is 0.0182. The molecule has 9 rings (SSSR count). The van der Waals surface area contributed by atoms with Gasteiger partial charge in [0.1, 0.15) is 0 Å². The Bertz CT molecular complexity index is 3320. The van der Waals surface area contributed by atoms with E-state index in [-0.39, 0.29) is 5.56 Å². The summed E-state index contributed by atoms with van der Waals surface area (Å²) in [6.45, 7) is 1.84. The van der Waals surface area contributed by atoms with Gasteiger partial charge in [-0.3, -0.25) is 9.59 Å². The third-order valence-corrected chi connectivity index (χ3v) is 11.4. The highest BCUT2D eigenvalue weighted by Crippen LogP contribution is 2.43. The Labute approximate surface area is 363 Å². The summed E-state index contributed by atoms with van der Waals surface area (Å²) in [7, 11) is 0. The summed E-state index contributed by atoms with van der Waals surface area (Å²) >= 11 is 0. The fourth-order valence-corrected chi connectivity index (χ4v) is 8.47. The molecule has 0 bridgehead atoms. The minimum atomic E-state index is -0.543. The Morgan fingerprint density at radius 1 is 0.508 bits per heavy atom. The van der Waals surface area contributed by atoms with Crippen LogP contribution < -0.4 is 4.90 Å². The molecule has 0 aliphatic rings. The largest absolute Gasteiger partial charge is 0.308 e. The lowest BCUT2D eigenvalue weighted by molar-refractivity contribution is -0.106. The van der Waals surface area contributed by atoms with Gasteiger partial charge in [-0.15, -0.1) is 0 Å². The molecule has 2 amide bonds. The molecule has 0 radical (unpaired) electrons. The Balaban J connectivity index is 1.33. The van der Waals surface area contributed by atoms with Crippen LogP contribution in [-0.2, 0) is 4.79 Å². The third kappa shape index (κ3) is 6.83. The number of aryl methyl sites for hydroxylation is 1. The van der Waals surface area contributed by atoms with E-state index in [1.165, 1.54) is 4.90 Å². The van der Waals surface area contributed by atoms with Gasteiger partial charge in [0, 0.05) is 21.9 Å². The van der Waals surface area contributed by atoms with Gasteiger partial charge in [0.05, 0.1) is 74.5 Å². The highest BCUT2D eigenvalue weighted by molar-refractivity contribution is 6.22. The predicted octanol–water partition coefficient (Wildman–Crippen LogP) is 12.1. The SMILES string of the molecule is Cc1cccc(-n2c3cc(-c4ccc(C#N)cc4C#N)ccc3c3ccc(-c4ccc(C#N)cc4C#N)cc32)c1C(=O)N(C=O)c1c(-c2ccccc2)cccc1-c1ccccc1. The van der Waals surface area contributed by atoms with E-state index in [0.717, 1.165) is 21.9 Å². The number of hydrogen-bond donors (Lipinski definition) is 0. The van der Waals surface area contributed by atoms with E-state index in [1.807, 2.05) is 145 Å². The number of imide groups is 1. The minimum Gasteiger partial charge on any atom is -0.308 e. The Morgan fingerprint density at radius 2 is 1.00 bits per heavy atom. The molecular weight excluding hydrogens is 777 g/mol. The number of rotatable bonds is 8. The molecule has 1 heterocycles. The van der Waals surface area contributed by atoms with E-state index in [2.05, 4.69) is 24.3 Å². The topological polar surface area (TPSA) is 137 Å². The van der Waals surface area contributed by atoms with Gasteiger partial charge in [-0.05, 0) is 88.3 Å². The molecule has 0 saturated carbocycles. The van der Waals surface area contributed by atoms with Crippen molar-refractivity contribution in [2.24, 2.45) is 0 Å². The van der Waals surface area contributed by atoms with E-state index in [4.69, 9.17) is 0 Å². The second-order valence-corrected chi connectivity index (χ2v) is 15.0. The Morgan fingerprint density at radius 3 is 1.46 bits per heavy atom. The quantitative estimate of drug-likeness (QED) is 0.140. The van der Waals surface area contributed by atoms with Gasteiger partial charge in [0.25, 0.3) is 5.91 Å². The minimum absolute atomic E-state index is 0.285. The van der Waals surface area contributed by atoms with Crippen LogP contribution in [-0.4, -0.2) is 16.9 Å². The first-order valence-electron chi connectivity index (χ1n) is 20.0. The van der Waals surface area contributed by atoms with E-state index in [9.17, 15) is 25.8 Å². The summed E-state index contributed by atoms with van der Waals surface area (Å²) in [6.07, 6.45) is 0.581. The van der Waals surface area contributed by atoms with Gasteiger partial charge in [0.15, 0.2) is 0 Å². The van der Waals surface area contributed by atoms with E-state index >= 15 is 4.79 Å². The first-order valence-corrected chi connectivity index (χ1v) is 20.0. The van der Waals surface area contributed by atoms with E-state index in [0.29, 0.717) is 90.0 Å². The molecule has 0 atom stereocenters. The second-order valence-electron chi connectivity index (χ2n) is 15.0. The predicted molar refractivity (Wildman–Crippen MR) is 245 cm³/mol. The van der Waals surface area contributed by atoms with Crippen LogP contribution in [0.15, 0.2) is 170 Å². The van der Waals surface area contributed by atoms with E-state index < -0.39 is 5.91 Å². The summed E-state index contributed by atoms with van der Waals surface area (Å²) in [5.41, 5.74) is 10.4. The maximum atomic E-state index is 15.6. The average molecular weight is 809 g/mol. The smallest absolute Gasteiger partial charge is 0.267 e. The van der Waals surface area contributed by atoms with Gasteiger partial charge < -0.3 is 4.57 Å². The molecular formula is C55H32N6O2. The van der Waals surface area contributed by atoms with Crippen molar-refractivity contribution in [3.05, 3.63) is 203 Å². The number of nitrogens with zero attached hydrogens (tertiary/aromatic N) is 6. The number of nitriles is 4. The summed E-state index contributed by atoms with van der Waals surface area (Å²) < 4.78 is 1.99. The number of benzene rings is 8. The summed E-state index contributed by atoms with van der Waals surface area (Å²) in [5, 5.41) is 41.2. The first kappa shape index (κ1) is 39.1. The number of aromatic nitrogens is 1. The van der Waals surface area contributed by atoms with Crippen molar-refractivity contribution < 1.29 is 9.59 Å². The molecule has 8 nitrogen and oxygen atoms in total. The fourth-order valence-electron chi connectivity index (χ4n) is 8.47. The third-order valence-electron chi connectivity index (χ3n) is 11.4. The van der Waals surface area contributed by atoms with Crippen molar-refractivity contribution >= 4 is 39.8 Å². The van der Waals surface area contributed by atoms with Gasteiger partial charge in [-0.1, -0.05) is 127 Å². The number of carbonyl (C=O) groups excluding carboxylic acids is 2. The van der Waals surface area contributed by atoms with Crippen LogP contribution in [0.1, 0.15) is 38.2 Å². The first-order chi connectivity index (χ1) is 30.9. The molecule has 8 aromatic carbocycles. The lowest BCUT2D eigenvalue weighted by Gasteiger charge is -2.25. The van der Waals surface area contributed by atoms with E-state index in [1.54, 1.807) is 36.4 Å². The van der Waals surface area contributed by atoms with Crippen molar-refractivity contribution in [1.82, 2.24) is 4.57 Å². The van der Waals surface area contributed by atoms with Crippen LogP contribution in [0.3, 0.4) is 0 Å². The summed E-state index contributed by atoms with van der Waals surface area (Å²) in [5.74, 6) is -0.543. The van der Waals surface area contributed by atoms with Gasteiger partial charge in [-0.25, -0.2) is 4.90 Å². The molecule has 0 aliphatic heterocycles. The zero-order valence-corrected chi connectivity index (χ0v) is 33.7. The zero-order valence-electron chi connectivity index (χ0n) is 33.7. The molecule has 0 N–H and O–H groups in total. The average Bonchev–Trinajstić information content (AvgIpc) is 3.66. The summed E-state index contributed by atoms with van der Waals surface area (Å²) in [6, 6.07) is 61.1. The van der Waals surface area contributed by atoms with Crippen molar-refractivity contribution in [3.8, 4) is 74.5 Å². The Kier molecular flexibility index (Phi) is 10.2. The highest BCUT2D eigenvalue weighted by atomic mass is 16.2. The monoisotopic (exact) mass is 808 g/mol. The normalized spacial score (nSPS) is 10.7. The molecule has 0 aliphatic carbocycles. The molecule has 1 aromatic heterocycles. The maximum Gasteiger partial charge on any atom is 0.267 e. The molecule has 9 aromatic rings. The van der Waals surface area contributed by atoms with Crippen LogP contribution in [0.25, 0.3) is 72.0 Å². The van der Waals surface area contributed by atoms with Gasteiger partial charge >= 0.3 is 0 Å². The van der Waals surface area contributed by atoms with Gasteiger partial charge in [-0.2, -0.15) is 21.0 Å². The van der Waals surface area contributed by atoms with Crippen molar-refractivity contribution in [2.75, 3.05) is 4.90 Å². The zero-order chi connectivity index (χ0) is 43.6. The summed E-state index contributed by atoms with van der Waals surface area (Å²) in [4.78, 5) is 30.4. The number of fused-ring (bicyclic) bond motifs is 3. The van der Waals surface area contributed by atoms with Crippen LogP contribution in [0, 0.1) is 52.2 Å². The van der Waals surface area contributed by atoms with Crippen molar-refractivity contribution in [1.29, 1.82) is 21.0 Å². The maximum absolute atomic E-state index is 15.6. The molecule has 0 fully saturated rings. The lowest BCUT2D eigenvalue weighted by atomic mass is 9.94. The highest BCUT2D eigenvalue weighted by Gasteiger charge is 2.29. The molecule has 0 unspecified atom stereocenters. The molecule has 294 valence electrons. The van der Waals surface area contributed by atoms with Crippen LogP contribution in [0.4, 0.5) is 5.69 Å². The Hall–Kier alpha value is -9.34. The molecule has 63 heavy (non-hydrogen) atoms. The van der Waals surface area contributed by atoms with Crippen molar-refractivity contribution in [2.45, 2.75) is 6.92 Å². The number of para-hydroxylation sites is 1. The number of anilines is 1. The number of amides is 2. The number of carbonyl (C=O) groups is 2. The molecule has 8 heteroatoms. The van der Waals surface area contributed by atoms with Crippen molar-refractivity contribution in [3.63, 3.8) is 0 Å². The second kappa shape index (κ2) is 16.4. The molecule has 0 spiro atoms. The van der Waals surface area contributed by atoms with Crippen LogP contribution in [0.5, 0.6) is 0 Å². The van der Waals surface area contributed by atoms with Crippen LogP contribution >= 0.6 is 0 Å². The van der Waals surface area contributed by atoms with Crippen LogP contribution in [0.2, 0.25) is 0 Å².